The molecular formula is C36H36N8O4. The second kappa shape index (κ2) is 11.8. The minimum atomic E-state index is -0.691. The van der Waals surface area contributed by atoms with Gasteiger partial charge in [-0.1, -0.05) is 60.7 Å². The van der Waals surface area contributed by atoms with Crippen molar-refractivity contribution >= 4 is 23.6 Å². The summed E-state index contributed by atoms with van der Waals surface area (Å²) in [4.78, 5) is 34.6. The van der Waals surface area contributed by atoms with Crippen LogP contribution in [0.25, 0.3) is 22.5 Å². The number of anilines is 2. The highest BCUT2D eigenvalue weighted by molar-refractivity contribution is 5.92. The quantitative estimate of drug-likeness (QED) is 0.207. The smallest absolute Gasteiger partial charge is 0.331 e. The highest BCUT2D eigenvalue weighted by Crippen LogP contribution is 2.41. The van der Waals surface area contributed by atoms with Gasteiger partial charge in [-0.3, -0.25) is 9.80 Å². The molecule has 2 aromatic carbocycles. The fraction of sp³-hybridized carbons (Fsp3) is 0.333. The Bertz CT molecular complexity index is 1710. The van der Waals surface area contributed by atoms with E-state index in [1.54, 1.807) is 0 Å². The Kier molecular flexibility index (Phi) is 7.41. The molecule has 0 bridgehead atoms. The van der Waals surface area contributed by atoms with Gasteiger partial charge in [-0.2, -0.15) is 0 Å². The van der Waals surface area contributed by atoms with Crippen molar-refractivity contribution in [3.63, 3.8) is 0 Å². The lowest BCUT2D eigenvalue weighted by molar-refractivity contribution is -0.180. The monoisotopic (exact) mass is 644 g/mol. The van der Waals surface area contributed by atoms with Crippen LogP contribution in [0.15, 0.2) is 97.1 Å². The Morgan fingerprint density at radius 1 is 0.604 bits per heavy atom. The van der Waals surface area contributed by atoms with E-state index in [-0.39, 0.29) is 12.1 Å². The zero-order valence-corrected chi connectivity index (χ0v) is 26.8. The summed E-state index contributed by atoms with van der Waals surface area (Å²) in [5.74, 6) is 0.322. The summed E-state index contributed by atoms with van der Waals surface area (Å²) in [6.45, 7) is 3.48. The molecule has 4 aromatic rings. The number of fused-ring (bicyclic) bond motifs is 2. The van der Waals surface area contributed by atoms with E-state index in [1.165, 1.54) is 12.2 Å². The number of carbonyl (C=O) groups excluding carboxylic acids is 2. The second-order valence-corrected chi connectivity index (χ2v) is 13.2. The van der Waals surface area contributed by atoms with Gasteiger partial charge in [0.25, 0.3) is 0 Å². The Labute approximate surface area is 278 Å². The zero-order valence-electron chi connectivity index (χ0n) is 26.8. The normalized spacial score (nSPS) is 26.5. The Morgan fingerprint density at radius 2 is 1.02 bits per heavy atom. The summed E-state index contributed by atoms with van der Waals surface area (Å²) >= 11 is 0. The van der Waals surface area contributed by atoms with Gasteiger partial charge in [0.15, 0.2) is 22.8 Å². The number of rotatable bonds is 8. The van der Waals surface area contributed by atoms with Gasteiger partial charge in [0, 0.05) is 49.5 Å². The summed E-state index contributed by atoms with van der Waals surface area (Å²) in [5.41, 5.74) is 2.22. The molecule has 0 saturated carbocycles. The lowest BCUT2D eigenvalue weighted by Crippen LogP contribution is -2.69. The van der Waals surface area contributed by atoms with Crippen LogP contribution in [0.5, 0.6) is 0 Å². The lowest BCUT2D eigenvalue weighted by Gasteiger charge is -2.50. The van der Waals surface area contributed by atoms with E-state index in [0.29, 0.717) is 39.3 Å². The standard InChI is InChI=1S/C36H36N8O4/c1-41-21-35(23-43(19-29(35)41)31-15-13-27(37-39-31)25-9-5-3-6-10-25)47-33(45)17-18-34(46)48-36-22-42(2)30(36)20-44(24-36)32-16-14-28(38-40-32)26-11-7-4-8-12-26/h3-18,29-30H,19-24H2,1-2H3/b18-17+. The molecule has 6 heterocycles. The molecule has 4 aliphatic rings. The Morgan fingerprint density at radius 3 is 1.38 bits per heavy atom. The number of hydrogen-bond donors (Lipinski definition) is 0. The van der Waals surface area contributed by atoms with E-state index in [4.69, 9.17) is 9.47 Å². The molecule has 0 amide bonds. The minimum Gasteiger partial charge on any atom is -0.451 e. The minimum absolute atomic E-state index is 0.0110. The number of likely N-dealkylation sites (tertiary alicyclic amines) is 2. The molecule has 4 saturated heterocycles. The topological polar surface area (TPSA) is 117 Å². The molecule has 12 nitrogen and oxygen atoms in total. The summed E-state index contributed by atoms with van der Waals surface area (Å²) in [6.07, 6.45) is 2.36. The van der Waals surface area contributed by atoms with E-state index < -0.39 is 23.1 Å². The van der Waals surface area contributed by atoms with Crippen molar-refractivity contribution in [3.05, 3.63) is 97.1 Å². The SMILES string of the molecule is CN1CC2(OC(=O)/C=C/C(=O)OC34CN(c5ccc(-c6ccccc6)nn5)CC3N(C)C4)CN(c3ccc(-c4ccccc4)nn3)CC12. The van der Waals surface area contributed by atoms with Crippen LogP contribution in [-0.2, 0) is 19.1 Å². The summed E-state index contributed by atoms with van der Waals surface area (Å²) in [6, 6.07) is 27.6. The molecule has 0 aliphatic carbocycles. The first kappa shape index (κ1) is 30.2. The van der Waals surface area contributed by atoms with Crippen LogP contribution in [0.2, 0.25) is 0 Å². The lowest BCUT2D eigenvalue weighted by atomic mass is 9.87. The first-order valence-electron chi connectivity index (χ1n) is 16.1. The molecule has 4 unspecified atom stereocenters. The molecule has 0 spiro atoms. The number of esters is 2. The molecule has 8 rings (SSSR count). The average Bonchev–Trinajstić information content (AvgIpc) is 3.58. The van der Waals surface area contributed by atoms with Crippen LogP contribution < -0.4 is 9.80 Å². The second-order valence-electron chi connectivity index (χ2n) is 13.2. The van der Waals surface area contributed by atoms with Gasteiger partial charge in [0.1, 0.15) is 0 Å². The molecule has 0 radical (unpaired) electrons. The van der Waals surface area contributed by atoms with Crippen molar-refractivity contribution in [2.75, 3.05) is 63.2 Å². The number of benzene rings is 2. The van der Waals surface area contributed by atoms with Crippen LogP contribution >= 0.6 is 0 Å². The highest BCUT2D eigenvalue weighted by atomic mass is 16.6. The molecule has 4 atom stereocenters. The molecule has 2 aromatic heterocycles. The maximum Gasteiger partial charge on any atom is 0.331 e. The third kappa shape index (κ3) is 5.36. The summed E-state index contributed by atoms with van der Waals surface area (Å²) < 4.78 is 12.1. The van der Waals surface area contributed by atoms with Crippen molar-refractivity contribution < 1.29 is 19.1 Å². The van der Waals surface area contributed by atoms with Crippen molar-refractivity contribution in [2.24, 2.45) is 0 Å². The molecular weight excluding hydrogens is 608 g/mol. The first-order chi connectivity index (χ1) is 23.3. The maximum atomic E-state index is 13.0. The Hall–Kier alpha value is -5.20. The number of ether oxygens (including phenoxy) is 2. The molecule has 48 heavy (non-hydrogen) atoms. The predicted octanol–water partition coefficient (Wildman–Crippen LogP) is 2.69. The molecule has 244 valence electrons. The number of hydrogen-bond acceptors (Lipinski definition) is 12. The van der Waals surface area contributed by atoms with Crippen LogP contribution in [-0.4, -0.2) is 119 Å². The van der Waals surface area contributed by atoms with E-state index in [1.807, 2.05) is 99.0 Å². The van der Waals surface area contributed by atoms with Gasteiger partial charge in [0.05, 0.1) is 36.6 Å². The molecule has 12 heteroatoms. The highest BCUT2D eigenvalue weighted by Gasteiger charge is 2.61. The predicted molar refractivity (Wildman–Crippen MR) is 179 cm³/mol. The fourth-order valence-corrected chi connectivity index (χ4v) is 7.70. The van der Waals surface area contributed by atoms with Gasteiger partial charge >= 0.3 is 11.9 Å². The average molecular weight is 645 g/mol. The Balaban J connectivity index is 0.883. The number of aromatic nitrogens is 4. The van der Waals surface area contributed by atoms with E-state index in [9.17, 15) is 9.59 Å². The number of carbonyl (C=O) groups is 2. The fourth-order valence-electron chi connectivity index (χ4n) is 7.70. The van der Waals surface area contributed by atoms with Crippen LogP contribution in [0.4, 0.5) is 11.6 Å². The van der Waals surface area contributed by atoms with Crippen LogP contribution in [0, 0.1) is 0 Å². The molecule has 4 fully saturated rings. The van der Waals surface area contributed by atoms with Gasteiger partial charge in [0.2, 0.25) is 0 Å². The van der Waals surface area contributed by atoms with Crippen molar-refractivity contribution in [2.45, 2.75) is 23.3 Å². The summed E-state index contributed by atoms with van der Waals surface area (Å²) in [7, 11) is 4.02. The maximum absolute atomic E-state index is 13.0. The van der Waals surface area contributed by atoms with Gasteiger partial charge in [-0.25, -0.2) is 9.59 Å². The van der Waals surface area contributed by atoms with Crippen LogP contribution in [0.3, 0.4) is 0 Å². The van der Waals surface area contributed by atoms with Gasteiger partial charge < -0.3 is 19.3 Å². The van der Waals surface area contributed by atoms with E-state index in [2.05, 4.69) is 40.0 Å². The first-order valence-corrected chi connectivity index (χ1v) is 16.1. The van der Waals surface area contributed by atoms with Crippen molar-refractivity contribution in [3.8, 4) is 22.5 Å². The number of nitrogens with zero attached hydrogens (tertiary/aromatic N) is 8. The van der Waals surface area contributed by atoms with Crippen LogP contribution in [0.1, 0.15) is 0 Å². The van der Waals surface area contributed by atoms with Gasteiger partial charge in [-0.15, -0.1) is 20.4 Å². The molecule has 0 N–H and O–H groups in total. The van der Waals surface area contributed by atoms with Crippen molar-refractivity contribution in [1.29, 1.82) is 0 Å². The third-order valence-electron chi connectivity index (χ3n) is 10.1. The zero-order chi connectivity index (χ0) is 32.9. The van der Waals surface area contributed by atoms with E-state index in [0.717, 1.165) is 34.2 Å². The molecule has 4 aliphatic heterocycles. The summed E-state index contributed by atoms with van der Waals surface area (Å²) in [5, 5.41) is 17.8. The third-order valence-corrected chi connectivity index (χ3v) is 10.1. The van der Waals surface area contributed by atoms with Gasteiger partial charge in [-0.05, 0) is 38.4 Å². The van der Waals surface area contributed by atoms with E-state index >= 15 is 0 Å². The largest absolute Gasteiger partial charge is 0.451 e. The number of likely N-dealkylation sites (N-methyl/N-ethyl adjacent to an activating group) is 2. The van der Waals surface area contributed by atoms with Crippen molar-refractivity contribution in [1.82, 2.24) is 30.2 Å².